The zero-order chi connectivity index (χ0) is 26.2. The zero-order valence-electron chi connectivity index (χ0n) is 21.0. The van der Waals surface area contributed by atoms with Gasteiger partial charge in [0.25, 0.3) is 5.91 Å². The first-order valence-corrected chi connectivity index (χ1v) is 13.1. The second-order valence-corrected chi connectivity index (χ2v) is 10.2. The van der Waals surface area contributed by atoms with Crippen molar-refractivity contribution < 1.29 is 9.53 Å². The number of amides is 1. The monoisotopic (exact) mass is 519 g/mol. The van der Waals surface area contributed by atoms with Gasteiger partial charge in [0.15, 0.2) is 5.84 Å². The van der Waals surface area contributed by atoms with Crippen LogP contribution in [0.25, 0.3) is 17.0 Å². The molecule has 1 N–H and O–H groups in total. The lowest BCUT2D eigenvalue weighted by Gasteiger charge is -2.20. The van der Waals surface area contributed by atoms with Crippen LogP contribution in [0.5, 0.6) is 5.75 Å². The van der Waals surface area contributed by atoms with Crippen molar-refractivity contribution in [2.45, 2.75) is 20.4 Å². The highest BCUT2D eigenvalue weighted by molar-refractivity contribution is 8.27. The van der Waals surface area contributed by atoms with Gasteiger partial charge < -0.3 is 9.30 Å². The second kappa shape index (κ2) is 9.79. The van der Waals surface area contributed by atoms with E-state index < -0.39 is 5.91 Å². The Morgan fingerprint density at radius 2 is 1.71 bits per heavy atom. The van der Waals surface area contributed by atoms with E-state index in [4.69, 9.17) is 10.1 Å². The van der Waals surface area contributed by atoms with Crippen LogP contribution in [0.1, 0.15) is 22.4 Å². The summed E-state index contributed by atoms with van der Waals surface area (Å²) in [6, 6.07) is 26.1. The highest BCUT2D eigenvalue weighted by Crippen LogP contribution is 2.32. The molecule has 38 heavy (non-hydrogen) atoms. The molecule has 0 spiro atoms. The molecule has 0 saturated heterocycles. The smallest absolute Gasteiger partial charge is 0.283 e. The molecule has 4 aromatic rings. The average molecular weight is 520 g/mol. The predicted octanol–water partition coefficient (Wildman–Crippen LogP) is 6.00. The number of hydrogen-bond donors (Lipinski definition) is 1. The summed E-state index contributed by atoms with van der Waals surface area (Å²) in [5.41, 5.74) is 5.63. The first kappa shape index (κ1) is 23.9. The third kappa shape index (κ3) is 4.43. The number of benzene rings is 3. The quantitative estimate of drug-likeness (QED) is 0.317. The van der Waals surface area contributed by atoms with E-state index in [1.807, 2.05) is 42.5 Å². The Hall–Kier alpha value is -4.43. The van der Waals surface area contributed by atoms with Crippen LogP contribution in [0.15, 0.2) is 94.5 Å². The van der Waals surface area contributed by atoms with E-state index in [9.17, 15) is 4.79 Å². The van der Waals surface area contributed by atoms with Crippen LogP contribution in [0, 0.1) is 19.3 Å². The van der Waals surface area contributed by atoms with Crippen LogP contribution >= 0.6 is 11.8 Å². The standard InChI is InChI=1S/C30H25N5O2S/c1-19-12-14-21(15-13-19)17-34-20(2)24(23-10-6-7-11-26(23)34)16-25-28(31)35-30(32-29(25)36)38-27(33-35)18-37-22-8-4-3-5-9-22/h3-16,31H,17-18H2,1-2H3/b25-16-,31-28?. The van der Waals surface area contributed by atoms with Gasteiger partial charge in [-0.05, 0) is 55.4 Å². The molecule has 0 aliphatic carbocycles. The zero-order valence-corrected chi connectivity index (χ0v) is 21.8. The van der Waals surface area contributed by atoms with E-state index in [-0.39, 0.29) is 18.0 Å². The Kier molecular flexibility index (Phi) is 6.17. The van der Waals surface area contributed by atoms with Crippen molar-refractivity contribution in [1.82, 2.24) is 9.58 Å². The SMILES string of the molecule is Cc1ccc(Cn2c(C)c(/C=C3/C(=N)N4N=C(COc5ccccc5)SC4=NC3=O)c3ccccc32)cc1. The number of nitrogens with one attached hydrogen (secondary N) is 1. The lowest BCUT2D eigenvalue weighted by molar-refractivity contribution is -0.114. The number of aliphatic imine (C=N–C) groups is 1. The van der Waals surface area contributed by atoms with Gasteiger partial charge in [-0.2, -0.15) is 15.1 Å². The molecule has 1 aromatic heterocycles. The number of hydrogen-bond acceptors (Lipinski definition) is 5. The Bertz CT molecular complexity index is 1670. The lowest BCUT2D eigenvalue weighted by Crippen LogP contribution is -2.35. The minimum absolute atomic E-state index is 0.0111. The number of aryl methyl sites for hydroxylation is 1. The number of ether oxygens (including phenoxy) is 1. The second-order valence-electron chi connectivity index (χ2n) is 9.20. The average Bonchev–Trinajstić information content (AvgIpc) is 3.46. The molecule has 8 heteroatoms. The third-order valence-corrected chi connectivity index (χ3v) is 7.51. The molecule has 188 valence electrons. The molecule has 0 radical (unpaired) electrons. The fraction of sp³-hybridized carbons (Fsp3) is 0.133. The molecule has 0 fully saturated rings. The van der Waals surface area contributed by atoms with Crippen LogP contribution in [0.4, 0.5) is 0 Å². The van der Waals surface area contributed by atoms with Crippen molar-refractivity contribution in [1.29, 1.82) is 5.41 Å². The number of aromatic nitrogens is 1. The van der Waals surface area contributed by atoms with Crippen LogP contribution in [0.3, 0.4) is 0 Å². The predicted molar refractivity (Wildman–Crippen MR) is 154 cm³/mol. The van der Waals surface area contributed by atoms with E-state index in [1.165, 1.54) is 27.9 Å². The number of rotatable bonds is 6. The third-order valence-electron chi connectivity index (χ3n) is 6.63. The molecular formula is C30H25N5O2S. The number of hydrazone groups is 1. The van der Waals surface area contributed by atoms with Crippen molar-refractivity contribution in [3.63, 3.8) is 0 Å². The van der Waals surface area contributed by atoms with Gasteiger partial charge in [-0.25, -0.2) is 0 Å². The van der Waals surface area contributed by atoms with Crippen LogP contribution in [-0.4, -0.2) is 38.1 Å². The molecule has 0 atom stereocenters. The van der Waals surface area contributed by atoms with E-state index in [0.29, 0.717) is 16.8 Å². The van der Waals surface area contributed by atoms with E-state index in [0.717, 1.165) is 27.9 Å². The Morgan fingerprint density at radius 3 is 2.50 bits per heavy atom. The van der Waals surface area contributed by atoms with Crippen molar-refractivity contribution in [3.05, 3.63) is 107 Å². The topological polar surface area (TPSA) is 83.0 Å². The van der Waals surface area contributed by atoms with Crippen molar-refractivity contribution in [3.8, 4) is 5.75 Å². The highest BCUT2D eigenvalue weighted by Gasteiger charge is 2.36. The van der Waals surface area contributed by atoms with Gasteiger partial charge in [-0.1, -0.05) is 66.2 Å². The summed E-state index contributed by atoms with van der Waals surface area (Å²) < 4.78 is 8.05. The summed E-state index contributed by atoms with van der Waals surface area (Å²) in [4.78, 5) is 17.3. The van der Waals surface area contributed by atoms with Crippen molar-refractivity contribution >= 4 is 50.7 Å². The molecule has 1 amide bonds. The fourth-order valence-electron chi connectivity index (χ4n) is 4.62. The number of nitrogens with zero attached hydrogens (tertiary/aromatic N) is 4. The first-order chi connectivity index (χ1) is 18.5. The lowest BCUT2D eigenvalue weighted by atomic mass is 10.1. The number of carbonyl (C=O) groups excluding carboxylic acids is 1. The van der Waals surface area contributed by atoms with Gasteiger partial charge in [0.05, 0.1) is 5.57 Å². The van der Waals surface area contributed by atoms with E-state index >= 15 is 0 Å². The number of amidine groups is 2. The number of carbonyl (C=O) groups is 1. The van der Waals surface area contributed by atoms with Gasteiger partial charge in [-0.3, -0.25) is 10.2 Å². The van der Waals surface area contributed by atoms with E-state index in [2.05, 4.69) is 64.9 Å². The summed E-state index contributed by atoms with van der Waals surface area (Å²) in [6.07, 6.45) is 1.78. The van der Waals surface area contributed by atoms with Gasteiger partial charge in [-0.15, -0.1) is 0 Å². The summed E-state index contributed by atoms with van der Waals surface area (Å²) in [5.74, 6) is 0.299. The first-order valence-electron chi connectivity index (χ1n) is 12.3. The summed E-state index contributed by atoms with van der Waals surface area (Å²) in [7, 11) is 0. The highest BCUT2D eigenvalue weighted by atomic mass is 32.2. The van der Waals surface area contributed by atoms with Crippen molar-refractivity contribution in [2.24, 2.45) is 10.1 Å². The van der Waals surface area contributed by atoms with Gasteiger partial charge in [0, 0.05) is 28.7 Å². The minimum atomic E-state index is -0.441. The molecule has 2 aliphatic rings. The molecule has 0 unspecified atom stereocenters. The van der Waals surface area contributed by atoms with Crippen molar-refractivity contribution in [2.75, 3.05) is 6.61 Å². The Balaban J connectivity index is 1.32. The maximum Gasteiger partial charge on any atom is 0.283 e. The molecule has 0 saturated carbocycles. The molecule has 2 aliphatic heterocycles. The maximum absolute atomic E-state index is 13.1. The normalized spacial score (nSPS) is 16.2. The van der Waals surface area contributed by atoms with Crippen LogP contribution in [-0.2, 0) is 11.3 Å². The van der Waals surface area contributed by atoms with Crippen LogP contribution < -0.4 is 4.74 Å². The summed E-state index contributed by atoms with van der Waals surface area (Å²) in [5, 5.41) is 16.8. The fourth-order valence-corrected chi connectivity index (χ4v) is 5.41. The van der Waals surface area contributed by atoms with Gasteiger partial charge in [0.1, 0.15) is 17.4 Å². The van der Waals surface area contributed by atoms with E-state index in [1.54, 1.807) is 6.08 Å². The molecular weight excluding hydrogens is 494 g/mol. The maximum atomic E-state index is 13.1. The molecule has 0 bridgehead atoms. The Morgan fingerprint density at radius 1 is 0.974 bits per heavy atom. The number of para-hydroxylation sites is 2. The molecule has 7 nitrogen and oxygen atoms in total. The molecule has 3 heterocycles. The largest absolute Gasteiger partial charge is 0.487 e. The summed E-state index contributed by atoms with van der Waals surface area (Å²) >= 11 is 1.25. The van der Waals surface area contributed by atoms with Gasteiger partial charge >= 0.3 is 0 Å². The summed E-state index contributed by atoms with van der Waals surface area (Å²) in [6.45, 7) is 5.07. The van der Waals surface area contributed by atoms with Gasteiger partial charge in [0.2, 0.25) is 5.17 Å². The number of thioether (sulfide) groups is 1. The number of fused-ring (bicyclic) bond motifs is 2. The van der Waals surface area contributed by atoms with Crippen LogP contribution in [0.2, 0.25) is 0 Å². The molecule has 3 aromatic carbocycles. The Labute approximate surface area is 224 Å². The molecule has 6 rings (SSSR count). The minimum Gasteiger partial charge on any atom is -0.487 e.